The molecule has 0 amide bonds. The highest BCUT2D eigenvalue weighted by Gasteiger charge is 2.22. The van der Waals surface area contributed by atoms with Crippen LogP contribution in [0.4, 0.5) is 5.69 Å². The summed E-state index contributed by atoms with van der Waals surface area (Å²) < 4.78 is 10.9. The molecule has 1 aliphatic heterocycles. The molecule has 20 heavy (non-hydrogen) atoms. The Bertz CT molecular complexity index is 470. The molecule has 0 radical (unpaired) electrons. The van der Waals surface area contributed by atoms with Gasteiger partial charge in [-0.05, 0) is 11.6 Å². The standard InChI is InChI=1S/C14H20N2O4/c1-10(2)15-8-11-3-4-14(13(7-11)16(17)18)20-12-5-6-19-9-12/h3-4,7,10,12,15H,5-6,8-9H2,1-2H3. The third kappa shape index (κ3) is 3.91. The molecule has 1 aliphatic rings. The van der Waals surface area contributed by atoms with Gasteiger partial charge in [0.15, 0.2) is 5.75 Å². The monoisotopic (exact) mass is 280 g/mol. The van der Waals surface area contributed by atoms with Crippen molar-refractivity contribution < 1.29 is 14.4 Å². The summed E-state index contributed by atoms with van der Waals surface area (Å²) in [7, 11) is 0. The van der Waals surface area contributed by atoms with E-state index < -0.39 is 4.92 Å². The molecule has 1 atom stereocenters. The fourth-order valence-corrected chi connectivity index (χ4v) is 2.02. The first kappa shape index (κ1) is 14.7. The highest BCUT2D eigenvalue weighted by molar-refractivity contribution is 5.48. The van der Waals surface area contributed by atoms with Crippen LogP contribution in [0.5, 0.6) is 5.75 Å². The second-order valence-corrected chi connectivity index (χ2v) is 5.20. The van der Waals surface area contributed by atoms with Crippen LogP contribution in [0.2, 0.25) is 0 Å². The predicted molar refractivity (Wildman–Crippen MR) is 74.9 cm³/mol. The molecule has 1 aromatic rings. The molecule has 0 spiro atoms. The quantitative estimate of drug-likeness (QED) is 0.639. The highest BCUT2D eigenvalue weighted by Crippen LogP contribution is 2.30. The fourth-order valence-electron chi connectivity index (χ4n) is 2.02. The summed E-state index contributed by atoms with van der Waals surface area (Å²) in [5.41, 5.74) is 0.889. The first-order valence-corrected chi connectivity index (χ1v) is 6.81. The molecule has 6 nitrogen and oxygen atoms in total. The number of nitro benzene ring substituents is 1. The second kappa shape index (κ2) is 6.67. The zero-order chi connectivity index (χ0) is 14.5. The largest absolute Gasteiger partial charge is 0.481 e. The lowest BCUT2D eigenvalue weighted by Crippen LogP contribution is -2.22. The number of benzene rings is 1. The van der Waals surface area contributed by atoms with E-state index in [1.165, 1.54) is 0 Å². The summed E-state index contributed by atoms with van der Waals surface area (Å²) in [6.07, 6.45) is 0.682. The van der Waals surface area contributed by atoms with Gasteiger partial charge in [0.05, 0.1) is 18.1 Å². The molecule has 1 fully saturated rings. The third-order valence-electron chi connectivity index (χ3n) is 3.12. The van der Waals surface area contributed by atoms with Crippen molar-refractivity contribution in [2.75, 3.05) is 13.2 Å². The van der Waals surface area contributed by atoms with Gasteiger partial charge in [-0.1, -0.05) is 19.9 Å². The normalized spacial score (nSPS) is 18.4. The molecule has 110 valence electrons. The van der Waals surface area contributed by atoms with Gasteiger partial charge in [0.1, 0.15) is 6.10 Å². The van der Waals surface area contributed by atoms with Crippen LogP contribution in [-0.4, -0.2) is 30.3 Å². The molecule has 1 heterocycles. The lowest BCUT2D eigenvalue weighted by Gasteiger charge is -2.13. The smallest absolute Gasteiger partial charge is 0.311 e. The maximum absolute atomic E-state index is 11.2. The fraction of sp³-hybridized carbons (Fsp3) is 0.571. The Morgan fingerprint density at radius 2 is 2.35 bits per heavy atom. The zero-order valence-corrected chi connectivity index (χ0v) is 11.8. The number of hydrogen-bond acceptors (Lipinski definition) is 5. The number of nitrogens with one attached hydrogen (secondary N) is 1. The second-order valence-electron chi connectivity index (χ2n) is 5.20. The van der Waals surface area contributed by atoms with E-state index in [4.69, 9.17) is 9.47 Å². The summed E-state index contributed by atoms with van der Waals surface area (Å²) in [4.78, 5) is 10.8. The molecular formula is C14H20N2O4. The Labute approximate surface area is 118 Å². The Kier molecular flexibility index (Phi) is 4.92. The minimum Gasteiger partial charge on any atom is -0.481 e. The summed E-state index contributed by atoms with van der Waals surface area (Å²) >= 11 is 0. The minimum atomic E-state index is -0.399. The van der Waals surface area contributed by atoms with Crippen molar-refractivity contribution in [1.29, 1.82) is 0 Å². The van der Waals surface area contributed by atoms with Crippen molar-refractivity contribution >= 4 is 5.69 Å². The maximum atomic E-state index is 11.2. The van der Waals surface area contributed by atoms with Gasteiger partial charge in [0, 0.05) is 25.1 Å². The zero-order valence-electron chi connectivity index (χ0n) is 11.8. The van der Waals surface area contributed by atoms with E-state index in [-0.39, 0.29) is 11.8 Å². The lowest BCUT2D eigenvalue weighted by molar-refractivity contribution is -0.386. The summed E-state index contributed by atoms with van der Waals surface area (Å²) in [5.74, 6) is 0.318. The number of nitro groups is 1. The van der Waals surface area contributed by atoms with E-state index in [9.17, 15) is 10.1 Å². The van der Waals surface area contributed by atoms with Crippen molar-refractivity contribution in [3.63, 3.8) is 0 Å². The number of rotatable bonds is 6. The van der Waals surface area contributed by atoms with E-state index in [0.29, 0.717) is 31.5 Å². The van der Waals surface area contributed by atoms with Crippen molar-refractivity contribution in [2.45, 2.75) is 39.0 Å². The predicted octanol–water partition coefficient (Wildman–Crippen LogP) is 2.26. The van der Waals surface area contributed by atoms with Gasteiger partial charge in [0.25, 0.3) is 0 Å². The van der Waals surface area contributed by atoms with E-state index in [1.54, 1.807) is 12.1 Å². The maximum Gasteiger partial charge on any atom is 0.311 e. The number of nitrogens with zero attached hydrogens (tertiary/aromatic N) is 1. The highest BCUT2D eigenvalue weighted by atomic mass is 16.6. The number of ether oxygens (including phenoxy) is 2. The van der Waals surface area contributed by atoms with Gasteiger partial charge in [-0.15, -0.1) is 0 Å². The first-order chi connectivity index (χ1) is 9.56. The SMILES string of the molecule is CC(C)NCc1ccc(OC2CCOC2)c([N+](=O)[O-])c1. The van der Waals surface area contributed by atoms with Gasteiger partial charge < -0.3 is 14.8 Å². The van der Waals surface area contributed by atoms with E-state index in [1.807, 2.05) is 19.9 Å². The van der Waals surface area contributed by atoms with Gasteiger partial charge in [-0.2, -0.15) is 0 Å². The molecule has 1 unspecified atom stereocenters. The molecule has 1 aromatic carbocycles. The van der Waals surface area contributed by atoms with E-state index in [2.05, 4.69) is 5.32 Å². The van der Waals surface area contributed by atoms with Crippen LogP contribution in [0, 0.1) is 10.1 Å². The minimum absolute atomic E-state index is 0.0138. The van der Waals surface area contributed by atoms with Crippen molar-refractivity contribution in [3.05, 3.63) is 33.9 Å². The van der Waals surface area contributed by atoms with E-state index in [0.717, 1.165) is 12.0 Å². The molecule has 6 heteroatoms. The Balaban J connectivity index is 2.12. The number of hydrogen-bond donors (Lipinski definition) is 1. The molecule has 1 N–H and O–H groups in total. The Morgan fingerprint density at radius 3 is 2.95 bits per heavy atom. The van der Waals surface area contributed by atoms with Crippen molar-refractivity contribution in [1.82, 2.24) is 5.32 Å². The molecule has 0 aromatic heterocycles. The first-order valence-electron chi connectivity index (χ1n) is 6.81. The van der Waals surface area contributed by atoms with Crippen LogP contribution in [0.3, 0.4) is 0 Å². The van der Waals surface area contributed by atoms with Crippen LogP contribution in [-0.2, 0) is 11.3 Å². The molecular weight excluding hydrogens is 260 g/mol. The molecule has 0 saturated carbocycles. The summed E-state index contributed by atoms with van der Waals surface area (Å²) in [6, 6.07) is 5.43. The van der Waals surface area contributed by atoms with Crippen molar-refractivity contribution in [3.8, 4) is 5.75 Å². The third-order valence-corrected chi connectivity index (χ3v) is 3.12. The molecule has 2 rings (SSSR count). The van der Waals surface area contributed by atoms with Crippen LogP contribution in [0.15, 0.2) is 18.2 Å². The van der Waals surface area contributed by atoms with Gasteiger partial charge >= 0.3 is 5.69 Å². The topological polar surface area (TPSA) is 73.6 Å². The average molecular weight is 280 g/mol. The van der Waals surface area contributed by atoms with Crippen LogP contribution < -0.4 is 10.1 Å². The Hall–Kier alpha value is -1.66. The van der Waals surface area contributed by atoms with E-state index >= 15 is 0 Å². The Morgan fingerprint density at radius 1 is 1.55 bits per heavy atom. The lowest BCUT2D eigenvalue weighted by atomic mass is 10.1. The summed E-state index contributed by atoms with van der Waals surface area (Å²) in [5, 5.41) is 14.4. The molecule has 0 bridgehead atoms. The van der Waals surface area contributed by atoms with Gasteiger partial charge in [-0.3, -0.25) is 10.1 Å². The van der Waals surface area contributed by atoms with Crippen molar-refractivity contribution in [2.24, 2.45) is 0 Å². The molecule has 0 aliphatic carbocycles. The van der Waals surface area contributed by atoms with Gasteiger partial charge in [-0.25, -0.2) is 0 Å². The van der Waals surface area contributed by atoms with Crippen LogP contribution in [0.25, 0.3) is 0 Å². The molecule has 1 saturated heterocycles. The van der Waals surface area contributed by atoms with Crippen LogP contribution in [0.1, 0.15) is 25.8 Å². The summed E-state index contributed by atoms with van der Waals surface area (Å²) in [6.45, 7) is 5.81. The average Bonchev–Trinajstić information content (AvgIpc) is 2.90. The van der Waals surface area contributed by atoms with Gasteiger partial charge in [0.2, 0.25) is 0 Å². The van der Waals surface area contributed by atoms with Crippen LogP contribution >= 0.6 is 0 Å².